The lowest BCUT2D eigenvalue weighted by atomic mass is 10.1. The van der Waals surface area contributed by atoms with E-state index in [1.54, 1.807) is 0 Å². The number of benzene rings is 1. The molecule has 1 unspecified atom stereocenters. The summed E-state index contributed by atoms with van der Waals surface area (Å²) in [5, 5.41) is 4.35. The Labute approximate surface area is 137 Å². The van der Waals surface area contributed by atoms with Crippen molar-refractivity contribution in [3.05, 3.63) is 29.8 Å². The number of rotatable bonds is 8. The van der Waals surface area contributed by atoms with Crippen LogP contribution in [0.5, 0.6) is 5.75 Å². The van der Waals surface area contributed by atoms with E-state index >= 15 is 0 Å². The highest BCUT2D eigenvalue weighted by Crippen LogP contribution is 2.23. The van der Waals surface area contributed by atoms with Crippen LogP contribution >= 0.6 is 23.5 Å². The summed E-state index contributed by atoms with van der Waals surface area (Å²) < 4.78 is 5.74. The van der Waals surface area contributed by atoms with Crippen LogP contribution in [0.1, 0.15) is 25.8 Å². The minimum absolute atomic E-state index is 0.698. The van der Waals surface area contributed by atoms with E-state index in [0.717, 1.165) is 37.1 Å². The third-order valence-corrected chi connectivity index (χ3v) is 6.32. The normalized spacial score (nSPS) is 18.9. The third-order valence-electron chi connectivity index (χ3n) is 3.47. The molecule has 0 radical (unpaired) electrons. The quantitative estimate of drug-likeness (QED) is 0.778. The lowest BCUT2D eigenvalue weighted by Crippen LogP contribution is -2.28. The second-order valence-electron chi connectivity index (χ2n) is 5.87. The molecular formula is C17H27NOS2. The van der Waals surface area contributed by atoms with E-state index in [9.17, 15) is 0 Å². The molecule has 1 aromatic carbocycles. The van der Waals surface area contributed by atoms with Gasteiger partial charge in [0.2, 0.25) is 0 Å². The monoisotopic (exact) mass is 325 g/mol. The van der Waals surface area contributed by atoms with E-state index < -0.39 is 0 Å². The molecule has 1 aromatic rings. The van der Waals surface area contributed by atoms with Gasteiger partial charge in [0.25, 0.3) is 0 Å². The van der Waals surface area contributed by atoms with Gasteiger partial charge in [-0.25, -0.2) is 0 Å². The SMILES string of the molecule is CC(C)CCOc1ccc(CNCC2CSCCS2)cc1. The van der Waals surface area contributed by atoms with Crippen LogP contribution in [0.3, 0.4) is 0 Å². The Morgan fingerprint density at radius 2 is 2.05 bits per heavy atom. The Hall–Kier alpha value is -0.320. The number of hydrogen-bond acceptors (Lipinski definition) is 4. The highest BCUT2D eigenvalue weighted by atomic mass is 32.2. The van der Waals surface area contributed by atoms with Crippen LogP contribution in [0.4, 0.5) is 0 Å². The van der Waals surface area contributed by atoms with Crippen molar-refractivity contribution in [1.29, 1.82) is 0 Å². The maximum absolute atomic E-state index is 5.74. The minimum Gasteiger partial charge on any atom is -0.494 e. The van der Waals surface area contributed by atoms with Crippen molar-refractivity contribution in [3.8, 4) is 5.75 Å². The zero-order chi connectivity index (χ0) is 14.9. The van der Waals surface area contributed by atoms with Gasteiger partial charge in [0.15, 0.2) is 0 Å². The van der Waals surface area contributed by atoms with Gasteiger partial charge in [0.05, 0.1) is 6.61 Å². The fourth-order valence-electron chi connectivity index (χ4n) is 2.15. The molecule has 1 aliphatic rings. The van der Waals surface area contributed by atoms with Gasteiger partial charge in [-0.05, 0) is 30.0 Å². The van der Waals surface area contributed by atoms with Crippen LogP contribution < -0.4 is 10.1 Å². The predicted molar refractivity (Wildman–Crippen MR) is 96.7 cm³/mol. The maximum Gasteiger partial charge on any atom is 0.119 e. The molecule has 2 rings (SSSR count). The molecule has 0 saturated carbocycles. The van der Waals surface area contributed by atoms with Crippen LogP contribution in [0.2, 0.25) is 0 Å². The van der Waals surface area contributed by atoms with E-state index in [4.69, 9.17) is 4.74 Å². The molecule has 1 heterocycles. The van der Waals surface area contributed by atoms with Gasteiger partial charge in [-0.2, -0.15) is 23.5 Å². The van der Waals surface area contributed by atoms with Crippen LogP contribution in [0, 0.1) is 5.92 Å². The van der Waals surface area contributed by atoms with Gasteiger partial charge in [-0.15, -0.1) is 0 Å². The Balaban J connectivity index is 1.64. The Bertz CT molecular complexity index is 388. The van der Waals surface area contributed by atoms with Crippen LogP contribution in [-0.4, -0.2) is 35.7 Å². The molecule has 1 N–H and O–H groups in total. The van der Waals surface area contributed by atoms with Gasteiger partial charge in [-0.1, -0.05) is 26.0 Å². The van der Waals surface area contributed by atoms with E-state index in [0.29, 0.717) is 5.92 Å². The molecule has 0 aliphatic carbocycles. The summed E-state index contributed by atoms with van der Waals surface area (Å²) in [6.45, 7) is 7.33. The average molecular weight is 326 g/mol. The fraction of sp³-hybridized carbons (Fsp3) is 0.647. The number of thioether (sulfide) groups is 2. The van der Waals surface area contributed by atoms with Crippen LogP contribution in [0.25, 0.3) is 0 Å². The average Bonchev–Trinajstić information content (AvgIpc) is 2.50. The zero-order valence-electron chi connectivity index (χ0n) is 13.1. The summed E-state index contributed by atoms with van der Waals surface area (Å²) in [5.74, 6) is 5.60. The second-order valence-corrected chi connectivity index (χ2v) is 8.43. The Kier molecular flexibility index (Phi) is 7.83. The van der Waals surface area contributed by atoms with Crippen molar-refractivity contribution in [3.63, 3.8) is 0 Å². The predicted octanol–water partition coefficient (Wildman–Crippen LogP) is 4.05. The summed E-state index contributed by atoms with van der Waals surface area (Å²) >= 11 is 4.19. The first-order chi connectivity index (χ1) is 10.2. The maximum atomic E-state index is 5.74. The van der Waals surface area contributed by atoms with E-state index in [-0.39, 0.29) is 0 Å². The molecule has 4 heteroatoms. The van der Waals surface area contributed by atoms with Gasteiger partial charge in [-0.3, -0.25) is 0 Å². The van der Waals surface area contributed by atoms with Crippen molar-refractivity contribution in [1.82, 2.24) is 5.32 Å². The minimum atomic E-state index is 0.698. The van der Waals surface area contributed by atoms with E-state index in [1.807, 2.05) is 0 Å². The smallest absolute Gasteiger partial charge is 0.119 e. The van der Waals surface area contributed by atoms with Crippen molar-refractivity contribution in [2.24, 2.45) is 5.92 Å². The van der Waals surface area contributed by atoms with E-state index in [2.05, 4.69) is 67.0 Å². The molecule has 0 amide bonds. The molecule has 1 atom stereocenters. The van der Waals surface area contributed by atoms with Crippen molar-refractivity contribution in [2.75, 3.05) is 30.4 Å². The lowest BCUT2D eigenvalue weighted by Gasteiger charge is -2.21. The van der Waals surface area contributed by atoms with Gasteiger partial charge in [0.1, 0.15) is 5.75 Å². The molecule has 0 aromatic heterocycles. The van der Waals surface area contributed by atoms with Gasteiger partial charge < -0.3 is 10.1 Å². The molecule has 0 spiro atoms. The fourth-order valence-corrected chi connectivity index (χ4v) is 4.79. The summed E-state index contributed by atoms with van der Waals surface area (Å²) in [6, 6.07) is 8.51. The van der Waals surface area contributed by atoms with E-state index in [1.165, 1.54) is 22.8 Å². The number of ether oxygens (including phenoxy) is 1. The topological polar surface area (TPSA) is 21.3 Å². The molecule has 0 bridgehead atoms. The molecule has 118 valence electrons. The Morgan fingerprint density at radius 1 is 1.24 bits per heavy atom. The van der Waals surface area contributed by atoms with Crippen molar-refractivity contribution >= 4 is 23.5 Å². The molecular weight excluding hydrogens is 298 g/mol. The molecule has 21 heavy (non-hydrogen) atoms. The number of hydrogen-bond donors (Lipinski definition) is 1. The highest BCUT2D eigenvalue weighted by molar-refractivity contribution is 8.06. The summed E-state index contributed by atoms with van der Waals surface area (Å²) in [5.41, 5.74) is 1.33. The second kappa shape index (κ2) is 9.65. The van der Waals surface area contributed by atoms with Crippen LogP contribution in [-0.2, 0) is 6.54 Å². The van der Waals surface area contributed by atoms with Crippen molar-refractivity contribution in [2.45, 2.75) is 32.1 Å². The first-order valence-corrected chi connectivity index (χ1v) is 10.1. The highest BCUT2D eigenvalue weighted by Gasteiger charge is 2.13. The van der Waals surface area contributed by atoms with Crippen LogP contribution in [0.15, 0.2) is 24.3 Å². The lowest BCUT2D eigenvalue weighted by molar-refractivity contribution is 0.289. The molecule has 1 aliphatic heterocycles. The molecule has 1 fully saturated rings. The third kappa shape index (κ3) is 6.98. The largest absolute Gasteiger partial charge is 0.494 e. The van der Waals surface area contributed by atoms with Crippen molar-refractivity contribution < 1.29 is 4.74 Å². The summed E-state index contributed by atoms with van der Waals surface area (Å²) in [7, 11) is 0. The standard InChI is InChI=1S/C17H27NOS2/c1-14(2)7-8-19-16-5-3-15(4-6-16)11-18-12-17-13-20-9-10-21-17/h3-6,14,17-18H,7-13H2,1-2H3. The first-order valence-electron chi connectivity index (χ1n) is 7.86. The summed E-state index contributed by atoms with van der Waals surface area (Å²) in [4.78, 5) is 0. The molecule has 2 nitrogen and oxygen atoms in total. The van der Waals surface area contributed by atoms with Gasteiger partial charge in [0, 0.05) is 35.6 Å². The number of nitrogens with one attached hydrogen (secondary N) is 1. The Morgan fingerprint density at radius 3 is 2.71 bits per heavy atom. The zero-order valence-corrected chi connectivity index (χ0v) is 14.8. The van der Waals surface area contributed by atoms with Gasteiger partial charge >= 0.3 is 0 Å². The molecule has 1 saturated heterocycles. The summed E-state index contributed by atoms with van der Waals surface area (Å²) in [6.07, 6.45) is 1.11. The first kappa shape index (κ1) is 17.0.